The number of carbonyl (C=O) groups is 2. The number of sulfone groups is 1. The van der Waals surface area contributed by atoms with Crippen LogP contribution in [0.1, 0.15) is 32.6 Å². The Morgan fingerprint density at radius 1 is 1.33 bits per heavy atom. The van der Waals surface area contributed by atoms with Crippen molar-refractivity contribution in [3.63, 3.8) is 0 Å². The molecule has 0 bridgehead atoms. The van der Waals surface area contributed by atoms with E-state index in [1.54, 1.807) is 6.92 Å². The van der Waals surface area contributed by atoms with Gasteiger partial charge in [0.2, 0.25) is 5.91 Å². The molecule has 1 aliphatic rings. The van der Waals surface area contributed by atoms with Crippen molar-refractivity contribution < 1.29 is 22.7 Å². The molecule has 0 aromatic heterocycles. The van der Waals surface area contributed by atoms with Crippen molar-refractivity contribution in [1.29, 1.82) is 0 Å². The van der Waals surface area contributed by atoms with Crippen molar-refractivity contribution in [1.82, 2.24) is 5.32 Å². The van der Waals surface area contributed by atoms with Crippen LogP contribution in [0.5, 0.6) is 0 Å². The summed E-state index contributed by atoms with van der Waals surface area (Å²) in [5, 5.41) is 2.08. The summed E-state index contributed by atoms with van der Waals surface area (Å²) >= 11 is 0. The Morgan fingerprint density at radius 2 is 2.06 bits per heavy atom. The van der Waals surface area contributed by atoms with E-state index in [-0.39, 0.29) is 31.0 Å². The molecule has 1 aliphatic heterocycles. The lowest BCUT2D eigenvalue weighted by atomic mass is 10.2. The quantitative estimate of drug-likeness (QED) is 0.691. The summed E-state index contributed by atoms with van der Waals surface area (Å²) in [5.74, 6) is -0.526. The van der Waals surface area contributed by atoms with Gasteiger partial charge in [0.25, 0.3) is 0 Å². The van der Waals surface area contributed by atoms with Crippen LogP contribution in [0.2, 0.25) is 0 Å². The lowest BCUT2D eigenvalue weighted by molar-refractivity contribution is -0.144. The maximum absolute atomic E-state index is 11.5. The van der Waals surface area contributed by atoms with Gasteiger partial charge in [0.1, 0.15) is 0 Å². The minimum atomic E-state index is -3.03. The highest BCUT2D eigenvalue weighted by Gasteiger charge is 2.31. The molecule has 6 nitrogen and oxygen atoms in total. The average molecular weight is 277 g/mol. The van der Waals surface area contributed by atoms with E-state index in [1.807, 2.05) is 0 Å². The van der Waals surface area contributed by atoms with Crippen molar-refractivity contribution in [3.8, 4) is 0 Å². The largest absolute Gasteiger partial charge is 0.466 e. The summed E-state index contributed by atoms with van der Waals surface area (Å²) in [6, 6.07) is 0. The summed E-state index contributed by atoms with van der Waals surface area (Å²) in [6.07, 6.45) is 1.31. The SMILES string of the molecule is CCOC(=O)CCC(=O)NCC1CCCS1(=O)=O. The molecule has 0 spiro atoms. The van der Waals surface area contributed by atoms with Gasteiger partial charge in [0.05, 0.1) is 24.0 Å². The Labute approximate surface area is 107 Å². The lowest BCUT2D eigenvalue weighted by Crippen LogP contribution is -2.34. The molecule has 0 aromatic rings. The molecule has 1 fully saturated rings. The van der Waals surface area contributed by atoms with Crippen LogP contribution < -0.4 is 5.32 Å². The summed E-state index contributed by atoms with van der Waals surface area (Å²) in [7, 11) is -3.03. The molecular formula is C11H19NO5S. The zero-order valence-electron chi connectivity index (χ0n) is 10.5. The Hall–Kier alpha value is -1.11. The molecule has 7 heteroatoms. The predicted molar refractivity (Wildman–Crippen MR) is 65.7 cm³/mol. The van der Waals surface area contributed by atoms with Crippen molar-refractivity contribution in [2.45, 2.75) is 37.9 Å². The number of hydrogen-bond donors (Lipinski definition) is 1. The molecule has 104 valence electrons. The van der Waals surface area contributed by atoms with E-state index < -0.39 is 21.1 Å². The normalized spacial score (nSPS) is 21.5. The molecule has 1 saturated heterocycles. The zero-order valence-corrected chi connectivity index (χ0v) is 11.3. The zero-order chi connectivity index (χ0) is 13.6. The van der Waals surface area contributed by atoms with Gasteiger partial charge in [-0.25, -0.2) is 8.42 Å². The fraction of sp³-hybridized carbons (Fsp3) is 0.818. The third-order valence-electron chi connectivity index (χ3n) is 2.85. The van der Waals surface area contributed by atoms with Gasteiger partial charge in [-0.2, -0.15) is 0 Å². The first-order chi connectivity index (χ1) is 8.45. The molecule has 0 aromatic carbocycles. The van der Waals surface area contributed by atoms with E-state index in [2.05, 4.69) is 10.1 Å². The van der Waals surface area contributed by atoms with Crippen LogP contribution in [0, 0.1) is 0 Å². The number of ether oxygens (including phenoxy) is 1. The molecule has 0 saturated carbocycles. The molecule has 1 atom stereocenters. The maximum atomic E-state index is 11.5. The third kappa shape index (κ3) is 4.64. The fourth-order valence-electron chi connectivity index (χ4n) is 1.85. The lowest BCUT2D eigenvalue weighted by Gasteiger charge is -2.10. The Bertz CT molecular complexity index is 404. The van der Waals surface area contributed by atoms with E-state index in [9.17, 15) is 18.0 Å². The van der Waals surface area contributed by atoms with Gasteiger partial charge in [0, 0.05) is 13.0 Å². The molecule has 0 aliphatic carbocycles. The summed E-state index contributed by atoms with van der Waals surface area (Å²) in [5.41, 5.74) is 0. The number of esters is 1. The smallest absolute Gasteiger partial charge is 0.306 e. The number of hydrogen-bond acceptors (Lipinski definition) is 5. The molecule has 1 rings (SSSR count). The highest BCUT2D eigenvalue weighted by Crippen LogP contribution is 2.18. The number of amides is 1. The third-order valence-corrected chi connectivity index (χ3v) is 5.13. The van der Waals surface area contributed by atoms with Crippen LogP contribution in [0.4, 0.5) is 0 Å². The van der Waals surface area contributed by atoms with E-state index >= 15 is 0 Å². The van der Waals surface area contributed by atoms with Crippen LogP contribution in [-0.2, 0) is 24.2 Å². The molecule has 1 amide bonds. The molecule has 1 N–H and O–H groups in total. The maximum Gasteiger partial charge on any atom is 0.306 e. The monoisotopic (exact) mass is 277 g/mol. The highest BCUT2D eigenvalue weighted by molar-refractivity contribution is 7.92. The minimum absolute atomic E-state index is 0.0249. The highest BCUT2D eigenvalue weighted by atomic mass is 32.2. The molecule has 1 unspecified atom stereocenters. The number of rotatable bonds is 6. The number of carbonyl (C=O) groups excluding carboxylic acids is 2. The Morgan fingerprint density at radius 3 is 2.61 bits per heavy atom. The average Bonchev–Trinajstić information content (AvgIpc) is 2.63. The van der Waals surface area contributed by atoms with Crippen molar-refractivity contribution in [3.05, 3.63) is 0 Å². The van der Waals surface area contributed by atoms with Gasteiger partial charge in [-0.15, -0.1) is 0 Å². The first-order valence-electron chi connectivity index (χ1n) is 6.09. The van der Waals surface area contributed by atoms with Crippen molar-refractivity contribution in [2.24, 2.45) is 0 Å². The fourth-order valence-corrected chi connectivity index (χ4v) is 3.62. The van der Waals surface area contributed by atoms with Gasteiger partial charge >= 0.3 is 5.97 Å². The Kier molecular flexibility index (Phi) is 5.58. The predicted octanol–water partition coefficient (Wildman–Crippen LogP) is 0.0231. The van der Waals surface area contributed by atoms with Crippen LogP contribution in [0.25, 0.3) is 0 Å². The Balaban J connectivity index is 2.23. The summed E-state index contributed by atoms with van der Waals surface area (Å²) in [4.78, 5) is 22.4. The van der Waals surface area contributed by atoms with Crippen molar-refractivity contribution in [2.75, 3.05) is 18.9 Å². The molecule has 0 radical (unpaired) electrons. The second kappa shape index (κ2) is 6.72. The van der Waals surface area contributed by atoms with Crippen LogP contribution in [0.3, 0.4) is 0 Å². The minimum Gasteiger partial charge on any atom is -0.466 e. The first kappa shape index (κ1) is 14.9. The first-order valence-corrected chi connectivity index (χ1v) is 7.81. The van der Waals surface area contributed by atoms with Crippen molar-refractivity contribution >= 4 is 21.7 Å². The summed E-state index contributed by atoms with van der Waals surface area (Å²) < 4.78 is 27.7. The second-order valence-electron chi connectivity index (χ2n) is 4.24. The van der Waals surface area contributed by atoms with Gasteiger partial charge in [-0.1, -0.05) is 0 Å². The summed E-state index contributed by atoms with van der Waals surface area (Å²) in [6.45, 7) is 2.13. The topological polar surface area (TPSA) is 89.5 Å². The van der Waals surface area contributed by atoms with E-state index in [4.69, 9.17) is 0 Å². The molecule has 18 heavy (non-hydrogen) atoms. The van der Waals surface area contributed by atoms with Crippen LogP contribution in [-0.4, -0.2) is 44.4 Å². The van der Waals surface area contributed by atoms with Gasteiger partial charge in [-0.05, 0) is 19.8 Å². The van der Waals surface area contributed by atoms with Gasteiger partial charge in [0.15, 0.2) is 9.84 Å². The van der Waals surface area contributed by atoms with E-state index in [0.29, 0.717) is 19.4 Å². The molecule has 1 heterocycles. The van der Waals surface area contributed by atoms with Gasteiger partial charge < -0.3 is 10.1 Å². The van der Waals surface area contributed by atoms with Crippen LogP contribution >= 0.6 is 0 Å². The van der Waals surface area contributed by atoms with Gasteiger partial charge in [-0.3, -0.25) is 9.59 Å². The second-order valence-corrected chi connectivity index (χ2v) is 6.64. The van der Waals surface area contributed by atoms with Crippen LogP contribution in [0.15, 0.2) is 0 Å². The molecular weight excluding hydrogens is 258 g/mol. The van der Waals surface area contributed by atoms with E-state index in [1.165, 1.54) is 0 Å². The van der Waals surface area contributed by atoms with E-state index in [0.717, 1.165) is 0 Å². The number of nitrogens with one attached hydrogen (secondary N) is 1. The standard InChI is InChI=1S/C11H19NO5S/c1-2-17-11(14)6-5-10(13)12-8-9-4-3-7-18(9,15)16/h9H,2-8H2,1H3,(H,12,13).